The molecule has 0 unspecified atom stereocenters. The maximum Gasteiger partial charge on any atom is 0.220 e. The van der Waals surface area contributed by atoms with Crippen molar-refractivity contribution in [1.29, 1.82) is 0 Å². The minimum Gasteiger partial charge on any atom is -0.355 e. The van der Waals surface area contributed by atoms with Gasteiger partial charge >= 0.3 is 0 Å². The molecule has 132 valence electrons. The minimum atomic E-state index is 0.105. The number of hydrogen-bond acceptors (Lipinski definition) is 2. The van der Waals surface area contributed by atoms with Gasteiger partial charge in [-0.15, -0.1) is 0 Å². The van der Waals surface area contributed by atoms with Crippen molar-refractivity contribution in [3.8, 4) is 0 Å². The van der Waals surface area contributed by atoms with Crippen molar-refractivity contribution in [2.24, 2.45) is 0 Å². The summed E-state index contributed by atoms with van der Waals surface area (Å²) in [5.41, 5.74) is 3.98. The van der Waals surface area contributed by atoms with Gasteiger partial charge < -0.3 is 5.32 Å². The normalized spacial score (nSPS) is 16.4. The van der Waals surface area contributed by atoms with E-state index >= 15 is 0 Å². The Labute approximate surface area is 150 Å². The predicted molar refractivity (Wildman–Crippen MR) is 102 cm³/mol. The predicted octanol–water partition coefficient (Wildman–Crippen LogP) is 4.34. The lowest BCUT2D eigenvalue weighted by Gasteiger charge is -2.39. The van der Waals surface area contributed by atoms with Crippen LogP contribution in [0, 0.1) is 6.92 Å². The lowest BCUT2D eigenvalue weighted by Crippen LogP contribution is -2.42. The fourth-order valence-electron chi connectivity index (χ4n) is 4.10. The molecule has 1 aliphatic carbocycles. The molecule has 1 amide bonds. The van der Waals surface area contributed by atoms with Gasteiger partial charge in [-0.05, 0) is 48.9 Å². The lowest BCUT2D eigenvalue weighted by atomic mass is 9.68. The topological polar surface area (TPSA) is 42.0 Å². The quantitative estimate of drug-likeness (QED) is 0.852. The van der Waals surface area contributed by atoms with Crippen LogP contribution in [0.25, 0.3) is 0 Å². The van der Waals surface area contributed by atoms with Crippen molar-refractivity contribution < 1.29 is 4.79 Å². The zero-order chi connectivity index (χ0) is 17.5. The standard InChI is InChI=1S/C22H28N2O/c1-18-8-3-4-10-20(18)22(13-5-2-6-14-22)17-24-21(25)12-11-19-9-7-15-23-16-19/h3-4,7-10,15-16H,2,5-6,11-14,17H2,1H3,(H,24,25). The third kappa shape index (κ3) is 4.47. The van der Waals surface area contributed by atoms with E-state index in [9.17, 15) is 4.79 Å². The number of nitrogens with zero attached hydrogens (tertiary/aromatic N) is 1. The van der Waals surface area contributed by atoms with Gasteiger partial charge in [0, 0.05) is 30.8 Å². The number of amides is 1. The molecule has 2 aromatic rings. The van der Waals surface area contributed by atoms with Gasteiger partial charge in [-0.1, -0.05) is 49.6 Å². The van der Waals surface area contributed by atoms with E-state index in [0.29, 0.717) is 6.42 Å². The van der Waals surface area contributed by atoms with Crippen LogP contribution in [-0.2, 0) is 16.6 Å². The van der Waals surface area contributed by atoms with Gasteiger partial charge in [0.05, 0.1) is 0 Å². The molecule has 1 aliphatic rings. The summed E-state index contributed by atoms with van der Waals surface area (Å²) < 4.78 is 0. The average Bonchev–Trinajstić information content (AvgIpc) is 2.67. The summed E-state index contributed by atoms with van der Waals surface area (Å²) in [6, 6.07) is 12.6. The first-order chi connectivity index (χ1) is 12.2. The maximum atomic E-state index is 12.4. The molecule has 1 fully saturated rings. The van der Waals surface area contributed by atoms with Crippen LogP contribution in [0.4, 0.5) is 0 Å². The van der Waals surface area contributed by atoms with Crippen molar-refractivity contribution in [1.82, 2.24) is 10.3 Å². The van der Waals surface area contributed by atoms with E-state index in [0.717, 1.165) is 18.5 Å². The monoisotopic (exact) mass is 336 g/mol. The summed E-state index contributed by atoms with van der Waals surface area (Å²) >= 11 is 0. The number of nitrogens with one attached hydrogen (secondary N) is 1. The zero-order valence-corrected chi connectivity index (χ0v) is 15.1. The van der Waals surface area contributed by atoms with Gasteiger partial charge in [0.2, 0.25) is 5.91 Å². The van der Waals surface area contributed by atoms with E-state index in [-0.39, 0.29) is 11.3 Å². The Morgan fingerprint density at radius 3 is 2.64 bits per heavy atom. The molecule has 0 atom stereocenters. The Bertz CT molecular complexity index is 690. The average molecular weight is 336 g/mol. The van der Waals surface area contributed by atoms with Crippen LogP contribution in [0.15, 0.2) is 48.8 Å². The molecule has 1 heterocycles. The second kappa shape index (κ2) is 8.28. The van der Waals surface area contributed by atoms with E-state index < -0.39 is 0 Å². The molecule has 0 aliphatic heterocycles. The number of aryl methyl sites for hydroxylation is 2. The van der Waals surface area contributed by atoms with Crippen molar-refractivity contribution in [3.05, 3.63) is 65.5 Å². The largest absolute Gasteiger partial charge is 0.355 e. The Hall–Kier alpha value is -2.16. The highest BCUT2D eigenvalue weighted by molar-refractivity contribution is 5.76. The molecule has 1 aromatic carbocycles. The van der Waals surface area contributed by atoms with Crippen LogP contribution in [0.3, 0.4) is 0 Å². The number of hydrogen-bond donors (Lipinski definition) is 1. The molecule has 3 heteroatoms. The lowest BCUT2D eigenvalue weighted by molar-refractivity contribution is -0.121. The van der Waals surface area contributed by atoms with Crippen LogP contribution >= 0.6 is 0 Å². The molecular formula is C22H28N2O. The van der Waals surface area contributed by atoms with Crippen molar-refractivity contribution in [3.63, 3.8) is 0 Å². The summed E-state index contributed by atoms with van der Waals surface area (Å²) in [5.74, 6) is 0.141. The smallest absolute Gasteiger partial charge is 0.220 e. The van der Waals surface area contributed by atoms with Gasteiger partial charge in [-0.25, -0.2) is 0 Å². The van der Waals surface area contributed by atoms with Gasteiger partial charge in [0.1, 0.15) is 0 Å². The minimum absolute atomic E-state index is 0.105. The summed E-state index contributed by atoms with van der Waals surface area (Å²) in [6.07, 6.45) is 11.0. The molecule has 1 N–H and O–H groups in total. The maximum absolute atomic E-state index is 12.4. The molecule has 0 radical (unpaired) electrons. The van der Waals surface area contributed by atoms with Crippen molar-refractivity contribution in [2.45, 2.75) is 57.3 Å². The highest BCUT2D eigenvalue weighted by Gasteiger charge is 2.35. The summed E-state index contributed by atoms with van der Waals surface area (Å²) in [4.78, 5) is 16.5. The van der Waals surface area contributed by atoms with Crippen LogP contribution in [0.1, 0.15) is 55.2 Å². The first kappa shape index (κ1) is 17.7. The number of aromatic nitrogens is 1. The number of carbonyl (C=O) groups is 1. The fourth-order valence-corrected chi connectivity index (χ4v) is 4.10. The van der Waals surface area contributed by atoms with E-state index in [2.05, 4.69) is 41.5 Å². The highest BCUT2D eigenvalue weighted by atomic mass is 16.1. The Morgan fingerprint density at radius 1 is 1.12 bits per heavy atom. The van der Waals surface area contributed by atoms with Crippen LogP contribution in [0.2, 0.25) is 0 Å². The number of pyridine rings is 1. The molecule has 1 aromatic heterocycles. The molecule has 0 bridgehead atoms. The van der Waals surface area contributed by atoms with Crippen LogP contribution in [0.5, 0.6) is 0 Å². The Morgan fingerprint density at radius 2 is 1.92 bits per heavy atom. The highest BCUT2D eigenvalue weighted by Crippen LogP contribution is 2.40. The molecule has 0 spiro atoms. The summed E-state index contributed by atoms with van der Waals surface area (Å²) in [5, 5.41) is 3.23. The zero-order valence-electron chi connectivity index (χ0n) is 15.1. The van der Waals surface area contributed by atoms with Crippen LogP contribution in [-0.4, -0.2) is 17.4 Å². The van der Waals surface area contributed by atoms with Crippen LogP contribution < -0.4 is 5.32 Å². The van der Waals surface area contributed by atoms with Gasteiger partial charge in [-0.3, -0.25) is 9.78 Å². The van der Waals surface area contributed by atoms with Crippen molar-refractivity contribution in [2.75, 3.05) is 6.54 Å². The van der Waals surface area contributed by atoms with Gasteiger partial charge in [0.15, 0.2) is 0 Å². The van der Waals surface area contributed by atoms with E-state index in [1.54, 1.807) is 6.20 Å². The molecule has 1 saturated carbocycles. The van der Waals surface area contributed by atoms with Gasteiger partial charge in [0.25, 0.3) is 0 Å². The summed E-state index contributed by atoms with van der Waals surface area (Å²) in [7, 11) is 0. The SMILES string of the molecule is Cc1ccccc1C1(CNC(=O)CCc2cccnc2)CCCCC1. The molecular weight excluding hydrogens is 308 g/mol. The second-order valence-corrected chi connectivity index (χ2v) is 7.29. The van der Waals surface area contributed by atoms with E-state index in [4.69, 9.17) is 0 Å². The summed E-state index contributed by atoms with van der Waals surface area (Å²) in [6.45, 7) is 2.94. The third-order valence-electron chi connectivity index (χ3n) is 5.51. The Kier molecular flexibility index (Phi) is 5.85. The Balaban J connectivity index is 1.63. The molecule has 25 heavy (non-hydrogen) atoms. The van der Waals surface area contributed by atoms with Crippen molar-refractivity contribution >= 4 is 5.91 Å². The first-order valence-electron chi connectivity index (χ1n) is 9.41. The van der Waals surface area contributed by atoms with E-state index in [1.807, 2.05) is 18.3 Å². The second-order valence-electron chi connectivity index (χ2n) is 7.29. The number of rotatable bonds is 6. The first-order valence-corrected chi connectivity index (χ1v) is 9.41. The molecule has 3 rings (SSSR count). The van der Waals surface area contributed by atoms with E-state index in [1.165, 1.54) is 43.2 Å². The number of carbonyl (C=O) groups excluding carboxylic acids is 1. The number of benzene rings is 1. The molecule has 3 nitrogen and oxygen atoms in total. The third-order valence-corrected chi connectivity index (χ3v) is 5.51. The van der Waals surface area contributed by atoms with Gasteiger partial charge in [-0.2, -0.15) is 0 Å². The molecule has 0 saturated heterocycles. The fraction of sp³-hybridized carbons (Fsp3) is 0.455.